The first-order valence-corrected chi connectivity index (χ1v) is 3.96. The zero-order valence-corrected chi connectivity index (χ0v) is 7.36. The van der Waals surface area contributed by atoms with Gasteiger partial charge in [-0.25, -0.2) is 0 Å². The molecule has 0 aliphatic rings. The van der Waals surface area contributed by atoms with E-state index in [0.717, 1.165) is 18.3 Å². The monoisotopic (exact) mass is 162 g/mol. The molecule has 0 aliphatic carbocycles. The lowest BCUT2D eigenvalue weighted by Crippen LogP contribution is -1.73. The SMILES string of the molecule is C=CCC.O=Cc1ccccc1. The van der Waals surface area contributed by atoms with Gasteiger partial charge in [-0.1, -0.05) is 43.3 Å². The van der Waals surface area contributed by atoms with Crippen LogP contribution in [0, 0.1) is 0 Å². The highest BCUT2D eigenvalue weighted by Crippen LogP contribution is 1.91. The molecule has 0 atom stereocenters. The smallest absolute Gasteiger partial charge is 0.150 e. The Kier molecular flexibility index (Phi) is 6.85. The van der Waals surface area contributed by atoms with Crippen molar-refractivity contribution in [2.45, 2.75) is 13.3 Å². The Labute approximate surface area is 73.7 Å². The second-order valence-corrected chi connectivity index (χ2v) is 2.23. The Balaban J connectivity index is 0.000000261. The number of carbonyl (C=O) groups excluding carboxylic acids is 1. The van der Waals surface area contributed by atoms with E-state index < -0.39 is 0 Å². The summed E-state index contributed by atoms with van der Waals surface area (Å²) in [5.41, 5.74) is 0.729. The van der Waals surface area contributed by atoms with Crippen LogP contribution in [0.5, 0.6) is 0 Å². The minimum absolute atomic E-state index is 0.729. The minimum atomic E-state index is 0.729. The van der Waals surface area contributed by atoms with Crippen molar-refractivity contribution in [2.24, 2.45) is 0 Å². The van der Waals surface area contributed by atoms with Crippen molar-refractivity contribution < 1.29 is 4.79 Å². The van der Waals surface area contributed by atoms with Gasteiger partial charge in [-0.15, -0.1) is 6.58 Å². The molecule has 0 saturated carbocycles. The fourth-order valence-corrected chi connectivity index (χ4v) is 0.532. The predicted octanol–water partition coefficient (Wildman–Crippen LogP) is 3.08. The van der Waals surface area contributed by atoms with Crippen LogP contribution in [-0.4, -0.2) is 6.29 Å². The van der Waals surface area contributed by atoms with Crippen molar-refractivity contribution in [1.29, 1.82) is 0 Å². The Bertz CT molecular complexity index is 214. The van der Waals surface area contributed by atoms with Gasteiger partial charge in [0.25, 0.3) is 0 Å². The van der Waals surface area contributed by atoms with Gasteiger partial charge in [0.2, 0.25) is 0 Å². The third-order valence-corrected chi connectivity index (χ3v) is 1.22. The van der Waals surface area contributed by atoms with Gasteiger partial charge in [-0.05, 0) is 6.42 Å². The molecule has 0 amide bonds. The zero-order chi connectivity index (χ0) is 9.23. The van der Waals surface area contributed by atoms with Crippen molar-refractivity contribution >= 4 is 6.29 Å². The van der Waals surface area contributed by atoms with Crippen molar-refractivity contribution in [3.05, 3.63) is 48.6 Å². The molecular formula is C11H14O. The van der Waals surface area contributed by atoms with Crippen molar-refractivity contribution in [2.75, 3.05) is 0 Å². The van der Waals surface area contributed by atoms with Crippen LogP contribution in [0.1, 0.15) is 23.7 Å². The lowest BCUT2D eigenvalue weighted by Gasteiger charge is -1.81. The third kappa shape index (κ3) is 5.42. The molecule has 0 bridgehead atoms. The van der Waals surface area contributed by atoms with E-state index in [4.69, 9.17) is 0 Å². The van der Waals surface area contributed by atoms with Gasteiger partial charge in [0.15, 0.2) is 0 Å². The van der Waals surface area contributed by atoms with Crippen LogP contribution in [-0.2, 0) is 0 Å². The zero-order valence-electron chi connectivity index (χ0n) is 7.36. The van der Waals surface area contributed by atoms with E-state index in [0.29, 0.717) is 0 Å². The Morgan fingerprint density at radius 2 is 1.83 bits per heavy atom. The molecule has 0 fully saturated rings. The van der Waals surface area contributed by atoms with E-state index in [1.165, 1.54) is 0 Å². The molecule has 1 aromatic rings. The van der Waals surface area contributed by atoms with Crippen molar-refractivity contribution in [3.63, 3.8) is 0 Å². The Morgan fingerprint density at radius 3 is 2.08 bits per heavy atom. The number of rotatable bonds is 2. The van der Waals surface area contributed by atoms with Crippen LogP contribution in [0.25, 0.3) is 0 Å². The van der Waals surface area contributed by atoms with E-state index in [2.05, 4.69) is 13.5 Å². The summed E-state index contributed by atoms with van der Waals surface area (Å²) in [4.78, 5) is 10.0. The van der Waals surface area contributed by atoms with E-state index in [1.807, 2.05) is 24.3 Å². The van der Waals surface area contributed by atoms with Gasteiger partial charge in [0.05, 0.1) is 0 Å². The summed E-state index contributed by atoms with van der Waals surface area (Å²) >= 11 is 0. The van der Waals surface area contributed by atoms with Crippen LogP contribution in [0.15, 0.2) is 43.0 Å². The highest BCUT2D eigenvalue weighted by molar-refractivity contribution is 5.74. The summed E-state index contributed by atoms with van der Waals surface area (Å²) in [7, 11) is 0. The number of hydrogen-bond acceptors (Lipinski definition) is 1. The average molecular weight is 162 g/mol. The van der Waals surface area contributed by atoms with Gasteiger partial charge in [0, 0.05) is 5.56 Å². The molecule has 1 heteroatoms. The van der Waals surface area contributed by atoms with Crippen LogP contribution in [0.3, 0.4) is 0 Å². The predicted molar refractivity (Wildman–Crippen MR) is 52.3 cm³/mol. The summed E-state index contributed by atoms with van der Waals surface area (Å²) in [6.45, 7) is 5.54. The molecule has 1 nitrogen and oxygen atoms in total. The lowest BCUT2D eigenvalue weighted by atomic mass is 10.2. The van der Waals surface area contributed by atoms with Crippen LogP contribution in [0.2, 0.25) is 0 Å². The Hall–Kier alpha value is -1.37. The lowest BCUT2D eigenvalue weighted by molar-refractivity contribution is 0.112. The van der Waals surface area contributed by atoms with E-state index in [9.17, 15) is 4.79 Å². The summed E-state index contributed by atoms with van der Waals surface area (Å²) in [6.07, 6.45) is 3.79. The van der Waals surface area contributed by atoms with E-state index >= 15 is 0 Å². The molecule has 0 unspecified atom stereocenters. The number of carbonyl (C=O) groups is 1. The summed E-state index contributed by atoms with van der Waals surface area (Å²) in [5.74, 6) is 0. The quantitative estimate of drug-likeness (QED) is 0.482. The first-order chi connectivity index (χ1) is 5.85. The average Bonchev–Trinajstić information content (AvgIpc) is 2.19. The molecule has 0 saturated heterocycles. The van der Waals surface area contributed by atoms with E-state index in [1.54, 1.807) is 12.1 Å². The Morgan fingerprint density at radius 1 is 1.33 bits per heavy atom. The van der Waals surface area contributed by atoms with Gasteiger partial charge >= 0.3 is 0 Å². The third-order valence-electron chi connectivity index (χ3n) is 1.22. The molecule has 0 radical (unpaired) electrons. The molecule has 64 valence electrons. The number of aldehydes is 1. The summed E-state index contributed by atoms with van der Waals surface area (Å²) < 4.78 is 0. The summed E-state index contributed by atoms with van der Waals surface area (Å²) in [5, 5.41) is 0. The maximum Gasteiger partial charge on any atom is 0.150 e. The normalized spacial score (nSPS) is 7.75. The van der Waals surface area contributed by atoms with Gasteiger partial charge in [-0.3, -0.25) is 4.79 Å². The van der Waals surface area contributed by atoms with Gasteiger partial charge < -0.3 is 0 Å². The molecule has 1 rings (SSSR count). The molecule has 12 heavy (non-hydrogen) atoms. The fourth-order valence-electron chi connectivity index (χ4n) is 0.532. The van der Waals surface area contributed by atoms with Gasteiger partial charge in [0.1, 0.15) is 6.29 Å². The molecule has 0 aromatic heterocycles. The largest absolute Gasteiger partial charge is 0.298 e. The van der Waals surface area contributed by atoms with E-state index in [-0.39, 0.29) is 0 Å². The first kappa shape index (κ1) is 10.6. The van der Waals surface area contributed by atoms with Crippen LogP contribution in [0.4, 0.5) is 0 Å². The highest BCUT2D eigenvalue weighted by atomic mass is 16.1. The maximum atomic E-state index is 10.0. The van der Waals surface area contributed by atoms with Crippen molar-refractivity contribution in [3.8, 4) is 0 Å². The van der Waals surface area contributed by atoms with Crippen LogP contribution < -0.4 is 0 Å². The van der Waals surface area contributed by atoms with Gasteiger partial charge in [-0.2, -0.15) is 0 Å². The number of benzene rings is 1. The first-order valence-electron chi connectivity index (χ1n) is 3.96. The molecule has 0 spiro atoms. The second kappa shape index (κ2) is 7.73. The molecule has 1 aromatic carbocycles. The summed E-state index contributed by atoms with van der Waals surface area (Å²) in [6, 6.07) is 9.10. The van der Waals surface area contributed by atoms with Crippen LogP contribution >= 0.6 is 0 Å². The highest BCUT2D eigenvalue weighted by Gasteiger charge is 1.79. The number of allylic oxidation sites excluding steroid dienone is 1. The standard InChI is InChI=1S/C7H6O.C4H8/c8-6-7-4-2-1-3-5-7;1-3-4-2/h1-6H;3H,1,4H2,2H3. The maximum absolute atomic E-state index is 10.0. The minimum Gasteiger partial charge on any atom is -0.298 e. The topological polar surface area (TPSA) is 17.1 Å². The molecular weight excluding hydrogens is 148 g/mol. The second-order valence-electron chi connectivity index (χ2n) is 2.23. The fraction of sp³-hybridized carbons (Fsp3) is 0.182. The molecule has 0 heterocycles. The number of hydrogen-bond donors (Lipinski definition) is 0. The van der Waals surface area contributed by atoms with Crippen molar-refractivity contribution in [1.82, 2.24) is 0 Å². The molecule has 0 aliphatic heterocycles. The molecule has 0 N–H and O–H groups in total.